The number of hydrogen-bond acceptors (Lipinski definition) is 5. The third kappa shape index (κ3) is 3.42. The van der Waals surface area contributed by atoms with Crippen LogP contribution in [0.3, 0.4) is 0 Å². The molecule has 134 valence electrons. The molecule has 0 saturated heterocycles. The van der Waals surface area contributed by atoms with Crippen molar-refractivity contribution in [2.45, 2.75) is 37.6 Å². The van der Waals surface area contributed by atoms with E-state index in [1.807, 2.05) is 0 Å². The summed E-state index contributed by atoms with van der Waals surface area (Å²) in [6, 6.07) is 4.38. The number of anilines is 1. The number of carbonyl (C=O) groups is 1. The molecule has 1 aromatic heterocycles. The minimum Gasteiger partial charge on any atom is -0.319 e. The molecular weight excluding hydrogens is 342 g/mol. The Morgan fingerprint density at radius 2 is 2.12 bits per heavy atom. The maximum Gasteiger partial charge on any atom is 0.241 e. The van der Waals surface area contributed by atoms with Crippen LogP contribution in [0, 0.1) is 0 Å². The van der Waals surface area contributed by atoms with Gasteiger partial charge in [-0.3, -0.25) is 4.79 Å². The summed E-state index contributed by atoms with van der Waals surface area (Å²) in [4.78, 5) is 13.6. The van der Waals surface area contributed by atoms with Crippen molar-refractivity contribution in [3.8, 4) is 0 Å². The van der Waals surface area contributed by atoms with Crippen LogP contribution < -0.4 is 9.62 Å². The SMILES string of the molecule is CC(=O)N1CCCc2cc(S(=O)(=O)NC(C)c3nncn3C)ccc21. The normalized spacial score (nSPS) is 15.7. The number of nitrogens with one attached hydrogen (secondary N) is 1. The smallest absolute Gasteiger partial charge is 0.241 e. The number of hydrogen-bond donors (Lipinski definition) is 1. The molecule has 0 aliphatic carbocycles. The van der Waals surface area contributed by atoms with Crippen molar-refractivity contribution >= 4 is 21.6 Å². The van der Waals surface area contributed by atoms with Crippen LogP contribution in [0.5, 0.6) is 0 Å². The van der Waals surface area contributed by atoms with Crippen molar-refractivity contribution in [3.63, 3.8) is 0 Å². The maximum atomic E-state index is 12.7. The van der Waals surface area contributed by atoms with E-state index in [9.17, 15) is 13.2 Å². The fourth-order valence-corrected chi connectivity index (χ4v) is 4.36. The van der Waals surface area contributed by atoms with Gasteiger partial charge in [0, 0.05) is 26.2 Å². The Morgan fingerprint density at radius 3 is 2.76 bits per heavy atom. The van der Waals surface area contributed by atoms with Gasteiger partial charge in [-0.1, -0.05) is 0 Å². The van der Waals surface area contributed by atoms with Gasteiger partial charge in [-0.05, 0) is 43.5 Å². The zero-order chi connectivity index (χ0) is 18.2. The van der Waals surface area contributed by atoms with E-state index >= 15 is 0 Å². The van der Waals surface area contributed by atoms with E-state index in [0.717, 1.165) is 24.1 Å². The van der Waals surface area contributed by atoms with E-state index in [4.69, 9.17) is 0 Å². The summed E-state index contributed by atoms with van der Waals surface area (Å²) in [6.45, 7) is 3.90. The lowest BCUT2D eigenvalue weighted by Crippen LogP contribution is -2.34. The molecule has 0 saturated carbocycles. The number of benzene rings is 1. The maximum absolute atomic E-state index is 12.7. The molecule has 25 heavy (non-hydrogen) atoms. The molecule has 2 heterocycles. The molecule has 1 aromatic carbocycles. The molecule has 1 aliphatic heterocycles. The first-order valence-electron chi connectivity index (χ1n) is 8.07. The second-order valence-electron chi connectivity index (χ2n) is 6.21. The number of carbonyl (C=O) groups excluding carboxylic acids is 1. The number of amides is 1. The van der Waals surface area contributed by atoms with Crippen LogP contribution in [0.1, 0.15) is 37.7 Å². The molecule has 1 N–H and O–H groups in total. The molecule has 3 rings (SSSR count). The van der Waals surface area contributed by atoms with Crippen LogP contribution in [0.15, 0.2) is 29.4 Å². The average Bonchev–Trinajstić information content (AvgIpc) is 2.99. The first kappa shape index (κ1) is 17.6. The summed E-state index contributed by atoms with van der Waals surface area (Å²) in [5.74, 6) is 0.495. The predicted octanol–water partition coefficient (Wildman–Crippen LogP) is 1.15. The molecule has 0 bridgehead atoms. The van der Waals surface area contributed by atoms with Crippen molar-refractivity contribution in [2.24, 2.45) is 7.05 Å². The van der Waals surface area contributed by atoms with Gasteiger partial charge in [-0.15, -0.1) is 10.2 Å². The minimum absolute atomic E-state index is 0.0365. The first-order chi connectivity index (χ1) is 11.8. The molecule has 0 fully saturated rings. The molecule has 9 heteroatoms. The van der Waals surface area contributed by atoms with Crippen molar-refractivity contribution in [1.29, 1.82) is 0 Å². The van der Waals surface area contributed by atoms with Gasteiger partial charge in [0.05, 0.1) is 10.9 Å². The fourth-order valence-electron chi connectivity index (χ4n) is 3.11. The lowest BCUT2D eigenvalue weighted by atomic mass is 10.0. The quantitative estimate of drug-likeness (QED) is 0.879. The van der Waals surface area contributed by atoms with Crippen LogP contribution in [0.2, 0.25) is 0 Å². The molecule has 1 atom stereocenters. The van der Waals surface area contributed by atoms with Crippen LogP contribution in [-0.2, 0) is 28.3 Å². The predicted molar refractivity (Wildman–Crippen MR) is 92.5 cm³/mol. The summed E-state index contributed by atoms with van der Waals surface area (Å²) in [5.41, 5.74) is 1.66. The van der Waals surface area contributed by atoms with E-state index in [2.05, 4.69) is 14.9 Å². The van der Waals surface area contributed by atoms with Crippen LogP contribution in [0.25, 0.3) is 0 Å². The number of sulfonamides is 1. The van der Waals surface area contributed by atoms with Gasteiger partial charge >= 0.3 is 0 Å². The highest BCUT2D eigenvalue weighted by molar-refractivity contribution is 7.89. The van der Waals surface area contributed by atoms with Gasteiger partial charge in [0.15, 0.2) is 0 Å². The van der Waals surface area contributed by atoms with E-state index in [1.54, 1.807) is 35.6 Å². The van der Waals surface area contributed by atoms with Crippen LogP contribution >= 0.6 is 0 Å². The molecule has 0 spiro atoms. The minimum atomic E-state index is -3.71. The zero-order valence-corrected chi connectivity index (χ0v) is 15.2. The van der Waals surface area contributed by atoms with E-state index in [1.165, 1.54) is 19.3 Å². The van der Waals surface area contributed by atoms with E-state index in [-0.39, 0.29) is 10.8 Å². The molecule has 1 aliphatic rings. The van der Waals surface area contributed by atoms with Gasteiger partial charge < -0.3 is 9.47 Å². The molecule has 8 nitrogen and oxygen atoms in total. The Balaban J connectivity index is 1.88. The van der Waals surface area contributed by atoms with Gasteiger partial charge in [0.1, 0.15) is 12.2 Å². The topological polar surface area (TPSA) is 97.2 Å². The molecular formula is C16H21N5O3S. The highest BCUT2D eigenvalue weighted by atomic mass is 32.2. The van der Waals surface area contributed by atoms with Crippen LogP contribution in [0.4, 0.5) is 5.69 Å². The lowest BCUT2D eigenvalue weighted by molar-refractivity contribution is -0.116. The Bertz CT molecular complexity index is 906. The largest absolute Gasteiger partial charge is 0.319 e. The summed E-state index contributed by atoms with van der Waals surface area (Å²) in [5, 5.41) is 7.70. The van der Waals surface area contributed by atoms with Crippen LogP contribution in [-0.4, -0.2) is 35.6 Å². The Hall–Kier alpha value is -2.26. The fraction of sp³-hybridized carbons (Fsp3) is 0.438. The Morgan fingerprint density at radius 1 is 1.36 bits per heavy atom. The molecule has 0 radical (unpaired) electrons. The summed E-state index contributed by atoms with van der Waals surface area (Å²) < 4.78 is 29.7. The number of fused-ring (bicyclic) bond motifs is 1. The number of rotatable bonds is 4. The molecule has 2 aromatic rings. The highest BCUT2D eigenvalue weighted by Crippen LogP contribution is 2.29. The van der Waals surface area contributed by atoms with Crippen molar-refractivity contribution in [2.75, 3.05) is 11.4 Å². The first-order valence-corrected chi connectivity index (χ1v) is 9.55. The molecule has 1 amide bonds. The van der Waals surface area contributed by atoms with Gasteiger partial charge in [-0.25, -0.2) is 13.1 Å². The number of aromatic nitrogens is 3. The number of aryl methyl sites for hydroxylation is 2. The van der Waals surface area contributed by atoms with E-state index < -0.39 is 16.1 Å². The van der Waals surface area contributed by atoms with Gasteiger partial charge in [-0.2, -0.15) is 0 Å². The zero-order valence-electron chi connectivity index (χ0n) is 14.4. The summed E-state index contributed by atoms with van der Waals surface area (Å²) in [7, 11) is -1.95. The highest BCUT2D eigenvalue weighted by Gasteiger charge is 2.25. The molecule has 1 unspecified atom stereocenters. The lowest BCUT2D eigenvalue weighted by Gasteiger charge is -2.29. The summed E-state index contributed by atoms with van der Waals surface area (Å²) in [6.07, 6.45) is 3.09. The van der Waals surface area contributed by atoms with E-state index in [0.29, 0.717) is 12.4 Å². The Kier molecular flexibility index (Phi) is 4.61. The van der Waals surface area contributed by atoms with Crippen molar-refractivity contribution in [1.82, 2.24) is 19.5 Å². The van der Waals surface area contributed by atoms with Crippen molar-refractivity contribution in [3.05, 3.63) is 35.9 Å². The number of nitrogens with zero attached hydrogens (tertiary/aromatic N) is 4. The summed E-state index contributed by atoms with van der Waals surface area (Å²) >= 11 is 0. The third-order valence-electron chi connectivity index (χ3n) is 4.33. The third-order valence-corrected chi connectivity index (χ3v) is 5.86. The average molecular weight is 363 g/mol. The van der Waals surface area contributed by atoms with Crippen molar-refractivity contribution < 1.29 is 13.2 Å². The second kappa shape index (κ2) is 6.57. The Labute approximate surface area is 146 Å². The monoisotopic (exact) mass is 363 g/mol. The van der Waals surface area contributed by atoms with Gasteiger partial charge in [0.2, 0.25) is 15.9 Å². The second-order valence-corrected chi connectivity index (χ2v) is 7.92. The van der Waals surface area contributed by atoms with Gasteiger partial charge in [0.25, 0.3) is 0 Å². The standard InChI is InChI=1S/C16H21N5O3S/c1-11(16-18-17-10-20(16)3)19-25(23,24)14-6-7-15-13(9-14)5-4-8-21(15)12(2)22/h6-7,9-11,19H,4-5,8H2,1-3H3.